The SMILES string of the molecule is CCCCCCCCCCCCCCCCN1C(=O)c2ccc3c4ccc5c(=O)n6c7ccccc7nc6c6ccc(c7ccc(c2c37)C1=O)c4c56. The molecule has 1 aliphatic rings. The number of unbranched alkanes of at least 4 members (excludes halogenated alkanes) is 13. The molecule has 0 aliphatic carbocycles. The van der Waals surface area contributed by atoms with Crippen molar-refractivity contribution in [3.8, 4) is 0 Å². The zero-order valence-electron chi connectivity index (χ0n) is 30.1. The van der Waals surface area contributed by atoms with Crippen LogP contribution < -0.4 is 5.56 Å². The molecule has 262 valence electrons. The van der Waals surface area contributed by atoms with E-state index < -0.39 is 0 Å². The lowest BCUT2D eigenvalue weighted by Gasteiger charge is -2.28. The average molecular weight is 688 g/mol. The average Bonchev–Trinajstić information content (AvgIpc) is 3.57. The van der Waals surface area contributed by atoms with Crippen molar-refractivity contribution in [2.75, 3.05) is 6.54 Å². The van der Waals surface area contributed by atoms with E-state index in [1.54, 1.807) is 4.40 Å². The molecule has 1 aliphatic heterocycles. The third-order valence-electron chi connectivity index (χ3n) is 11.8. The predicted molar refractivity (Wildman–Crippen MR) is 215 cm³/mol. The summed E-state index contributed by atoms with van der Waals surface area (Å²) in [5.74, 6) is -0.395. The van der Waals surface area contributed by atoms with Gasteiger partial charge in [0.1, 0.15) is 5.65 Å². The Morgan fingerprint density at radius 3 is 1.54 bits per heavy atom. The van der Waals surface area contributed by atoms with Crippen LogP contribution in [-0.2, 0) is 0 Å². The Hall–Kier alpha value is -5.10. The number of hydrogen-bond donors (Lipinski definition) is 0. The maximum atomic E-state index is 14.0. The Labute approximate surface area is 303 Å². The van der Waals surface area contributed by atoms with Gasteiger partial charge in [-0.05, 0) is 75.1 Å². The number of benzene rings is 6. The lowest BCUT2D eigenvalue weighted by Crippen LogP contribution is -2.40. The van der Waals surface area contributed by atoms with Crippen LogP contribution in [-0.4, -0.2) is 32.6 Å². The van der Waals surface area contributed by atoms with E-state index in [0.29, 0.717) is 28.7 Å². The fourth-order valence-electron chi connectivity index (χ4n) is 9.19. The highest BCUT2D eigenvalue weighted by atomic mass is 16.2. The maximum absolute atomic E-state index is 14.0. The molecule has 0 N–H and O–H groups in total. The highest BCUT2D eigenvalue weighted by Crippen LogP contribution is 2.46. The van der Waals surface area contributed by atoms with Crippen LogP contribution in [0.1, 0.15) is 118 Å². The van der Waals surface area contributed by atoms with Gasteiger partial charge in [-0.15, -0.1) is 0 Å². The molecule has 2 amide bonds. The molecule has 52 heavy (non-hydrogen) atoms. The van der Waals surface area contributed by atoms with E-state index in [1.807, 2.05) is 60.7 Å². The van der Waals surface area contributed by atoms with Crippen LogP contribution >= 0.6 is 0 Å². The fourth-order valence-corrected chi connectivity index (χ4v) is 9.19. The molecule has 6 heteroatoms. The van der Waals surface area contributed by atoms with E-state index in [2.05, 4.69) is 19.1 Å². The zero-order valence-corrected chi connectivity index (χ0v) is 30.1. The van der Waals surface area contributed by atoms with Crippen LogP contribution in [0.2, 0.25) is 0 Å². The summed E-state index contributed by atoms with van der Waals surface area (Å²) >= 11 is 0. The van der Waals surface area contributed by atoms with Gasteiger partial charge in [0.2, 0.25) is 0 Å². The third kappa shape index (κ3) is 5.13. The first-order valence-corrected chi connectivity index (χ1v) is 19.7. The van der Waals surface area contributed by atoms with Crippen molar-refractivity contribution in [1.82, 2.24) is 14.3 Å². The predicted octanol–water partition coefficient (Wildman–Crippen LogP) is 11.6. The van der Waals surface area contributed by atoms with Crippen LogP contribution in [0.15, 0.2) is 77.6 Å². The number of imide groups is 1. The number of fused-ring (bicyclic) bond motifs is 6. The molecule has 8 aromatic rings. The molecular formula is C46H45N3O3. The van der Waals surface area contributed by atoms with Gasteiger partial charge in [-0.1, -0.05) is 127 Å². The Morgan fingerprint density at radius 1 is 0.481 bits per heavy atom. The first-order chi connectivity index (χ1) is 25.6. The van der Waals surface area contributed by atoms with E-state index >= 15 is 0 Å². The van der Waals surface area contributed by atoms with E-state index in [4.69, 9.17) is 4.98 Å². The number of carbonyl (C=O) groups excluding carboxylic acids is 2. The minimum absolute atomic E-state index is 0.0777. The van der Waals surface area contributed by atoms with Crippen molar-refractivity contribution < 1.29 is 9.59 Å². The number of para-hydroxylation sites is 2. The second-order valence-corrected chi connectivity index (χ2v) is 15.1. The molecule has 0 atom stereocenters. The molecule has 6 nitrogen and oxygen atoms in total. The van der Waals surface area contributed by atoms with E-state index in [1.165, 1.54) is 75.5 Å². The Morgan fingerprint density at radius 2 is 0.942 bits per heavy atom. The van der Waals surface area contributed by atoms with Gasteiger partial charge in [-0.3, -0.25) is 23.7 Å². The Kier molecular flexibility index (Phi) is 8.49. The van der Waals surface area contributed by atoms with Crippen LogP contribution in [0.3, 0.4) is 0 Å². The van der Waals surface area contributed by atoms with Gasteiger partial charge < -0.3 is 0 Å². The molecule has 0 bridgehead atoms. The summed E-state index contributed by atoms with van der Waals surface area (Å²) in [7, 11) is 0. The molecule has 0 unspecified atom stereocenters. The molecule has 9 rings (SSSR count). The third-order valence-corrected chi connectivity index (χ3v) is 11.8. The summed E-state index contributed by atoms with van der Waals surface area (Å²) in [6, 6.07) is 23.8. The molecule has 0 radical (unpaired) electrons. The second-order valence-electron chi connectivity index (χ2n) is 15.1. The first kappa shape index (κ1) is 32.8. The molecule has 3 heterocycles. The highest BCUT2D eigenvalue weighted by molar-refractivity contribution is 6.41. The van der Waals surface area contributed by atoms with E-state index in [-0.39, 0.29) is 17.4 Å². The van der Waals surface area contributed by atoms with Gasteiger partial charge in [0, 0.05) is 39.2 Å². The molecule has 6 aromatic carbocycles. The molecule has 0 fully saturated rings. The normalized spacial score (nSPS) is 13.6. The summed E-state index contributed by atoms with van der Waals surface area (Å²) in [5, 5.41) is 9.20. The second kappa shape index (κ2) is 13.5. The van der Waals surface area contributed by atoms with E-state index in [0.717, 1.165) is 78.8 Å². The molecule has 0 spiro atoms. The monoisotopic (exact) mass is 687 g/mol. The standard InChI is InChI=1S/C46H45N3O3/c1-2-3-4-5-6-7-8-9-10-11-12-13-14-17-28-48-44(50)34-25-21-31-29-20-24-33-41-36(46(52)49-38-19-16-15-18-37(38)47-43(33)49)27-23-30(39(29)41)32-22-26-35(45(48)51)42(34)40(31)32/h15-16,18-27H,2-14,17,28H2,1H3. The lowest BCUT2D eigenvalue weighted by atomic mass is 9.84. The smallest absolute Gasteiger partial charge is 0.264 e. The lowest BCUT2D eigenvalue weighted by molar-refractivity contribution is 0.0607. The van der Waals surface area contributed by atoms with Crippen LogP contribution in [0, 0.1) is 0 Å². The summed E-state index contributed by atoms with van der Waals surface area (Å²) in [6.07, 6.45) is 17.7. The summed E-state index contributed by atoms with van der Waals surface area (Å²) in [5.41, 5.74) is 3.37. The van der Waals surface area contributed by atoms with Crippen LogP contribution in [0.4, 0.5) is 0 Å². The largest absolute Gasteiger partial charge is 0.274 e. The first-order valence-electron chi connectivity index (χ1n) is 19.7. The Balaban J connectivity index is 0.967. The van der Waals surface area contributed by atoms with Crippen molar-refractivity contribution in [2.24, 2.45) is 0 Å². The number of hydrogen-bond acceptors (Lipinski definition) is 4. The molecule has 0 saturated carbocycles. The van der Waals surface area contributed by atoms with Gasteiger partial charge in [-0.25, -0.2) is 4.98 Å². The van der Waals surface area contributed by atoms with Gasteiger partial charge in [0.05, 0.1) is 11.0 Å². The van der Waals surface area contributed by atoms with Gasteiger partial charge >= 0.3 is 0 Å². The van der Waals surface area contributed by atoms with Crippen molar-refractivity contribution in [2.45, 2.75) is 96.8 Å². The van der Waals surface area contributed by atoms with Crippen molar-refractivity contribution >= 4 is 82.4 Å². The van der Waals surface area contributed by atoms with Crippen molar-refractivity contribution in [3.63, 3.8) is 0 Å². The molecular weight excluding hydrogens is 643 g/mol. The van der Waals surface area contributed by atoms with Gasteiger partial charge in [-0.2, -0.15) is 0 Å². The quantitative estimate of drug-likeness (QED) is 0.0465. The highest BCUT2D eigenvalue weighted by Gasteiger charge is 2.34. The van der Waals surface area contributed by atoms with Crippen molar-refractivity contribution in [3.05, 3.63) is 94.3 Å². The number of nitrogens with zero attached hydrogens (tertiary/aromatic N) is 3. The fraction of sp³-hybridized carbons (Fsp3) is 0.348. The minimum atomic E-state index is -0.198. The topological polar surface area (TPSA) is 71.8 Å². The summed E-state index contributed by atoms with van der Waals surface area (Å²) in [4.78, 5) is 48.3. The van der Waals surface area contributed by atoms with Gasteiger partial charge in [0.25, 0.3) is 17.4 Å². The summed E-state index contributed by atoms with van der Waals surface area (Å²) in [6.45, 7) is 2.72. The molecule has 2 aromatic heterocycles. The summed E-state index contributed by atoms with van der Waals surface area (Å²) < 4.78 is 1.73. The number of rotatable bonds is 15. The van der Waals surface area contributed by atoms with Crippen LogP contribution in [0.25, 0.3) is 70.5 Å². The number of amides is 2. The Bertz CT molecular complexity index is 2640. The van der Waals surface area contributed by atoms with Gasteiger partial charge in [0.15, 0.2) is 0 Å². The molecule has 0 saturated heterocycles. The maximum Gasteiger partial charge on any atom is 0.264 e. The number of imidazole rings is 1. The minimum Gasteiger partial charge on any atom is -0.274 e. The number of aromatic nitrogens is 2. The number of pyridine rings is 1. The van der Waals surface area contributed by atoms with E-state index in [9.17, 15) is 14.4 Å². The number of carbonyl (C=O) groups is 2. The van der Waals surface area contributed by atoms with Crippen molar-refractivity contribution in [1.29, 1.82) is 0 Å². The van der Waals surface area contributed by atoms with Crippen LogP contribution in [0.5, 0.6) is 0 Å². The zero-order chi connectivity index (χ0) is 35.3.